The van der Waals surface area contributed by atoms with Gasteiger partial charge >= 0.3 is 0 Å². The van der Waals surface area contributed by atoms with Crippen molar-refractivity contribution in [3.63, 3.8) is 0 Å². The molecule has 5 nitrogen and oxygen atoms in total. The first kappa shape index (κ1) is 16.1. The first-order valence-corrected chi connectivity index (χ1v) is 7.11. The largest absolute Gasteiger partial charge is 0.389 e. The highest BCUT2D eigenvalue weighted by atomic mass is 32.1. The molecule has 0 spiro atoms. The molecule has 0 saturated heterocycles. The normalized spacial score (nSPS) is 14.1. The van der Waals surface area contributed by atoms with Crippen molar-refractivity contribution in [2.75, 3.05) is 27.2 Å². The number of thiophene rings is 1. The maximum atomic E-state index is 11.6. The SMILES string of the molecule is CC(NCC(O)COCc1cccs1)C(=O)N(C)C. The van der Waals surface area contributed by atoms with E-state index in [0.717, 1.165) is 4.88 Å². The van der Waals surface area contributed by atoms with Gasteiger partial charge < -0.3 is 20.1 Å². The summed E-state index contributed by atoms with van der Waals surface area (Å²) >= 11 is 1.63. The molecular formula is C13H22N2O3S. The summed E-state index contributed by atoms with van der Waals surface area (Å²) in [5, 5.41) is 14.7. The van der Waals surface area contributed by atoms with E-state index in [2.05, 4.69) is 5.32 Å². The van der Waals surface area contributed by atoms with Crippen molar-refractivity contribution in [3.05, 3.63) is 22.4 Å². The van der Waals surface area contributed by atoms with Crippen molar-refractivity contribution in [1.29, 1.82) is 0 Å². The number of carbonyl (C=O) groups excluding carboxylic acids is 1. The molecule has 0 fully saturated rings. The van der Waals surface area contributed by atoms with Crippen LogP contribution in [0.4, 0.5) is 0 Å². The fourth-order valence-corrected chi connectivity index (χ4v) is 2.18. The van der Waals surface area contributed by atoms with Gasteiger partial charge in [0.25, 0.3) is 0 Å². The summed E-state index contributed by atoms with van der Waals surface area (Å²) in [4.78, 5) is 14.2. The number of ether oxygens (including phenoxy) is 1. The fourth-order valence-electron chi connectivity index (χ4n) is 1.54. The number of hydrogen-bond acceptors (Lipinski definition) is 5. The van der Waals surface area contributed by atoms with Crippen LogP contribution in [0.25, 0.3) is 0 Å². The van der Waals surface area contributed by atoms with Gasteiger partial charge in [-0.1, -0.05) is 6.07 Å². The maximum absolute atomic E-state index is 11.6. The Hall–Kier alpha value is -0.950. The van der Waals surface area contributed by atoms with Gasteiger partial charge in [0.05, 0.1) is 25.4 Å². The molecular weight excluding hydrogens is 264 g/mol. The molecule has 1 amide bonds. The van der Waals surface area contributed by atoms with Crippen LogP contribution in [0.5, 0.6) is 0 Å². The van der Waals surface area contributed by atoms with Crippen LogP contribution in [-0.4, -0.2) is 55.3 Å². The van der Waals surface area contributed by atoms with E-state index in [4.69, 9.17) is 4.74 Å². The Labute approximate surface area is 118 Å². The van der Waals surface area contributed by atoms with Gasteiger partial charge in [0.15, 0.2) is 0 Å². The highest BCUT2D eigenvalue weighted by Gasteiger charge is 2.15. The van der Waals surface area contributed by atoms with Crippen LogP contribution in [0.1, 0.15) is 11.8 Å². The predicted octanol–water partition coefficient (Wildman–Crippen LogP) is 0.692. The van der Waals surface area contributed by atoms with Crippen molar-refractivity contribution < 1.29 is 14.6 Å². The van der Waals surface area contributed by atoms with Crippen LogP contribution in [0.3, 0.4) is 0 Å². The Bertz CT molecular complexity index is 368. The van der Waals surface area contributed by atoms with E-state index < -0.39 is 6.10 Å². The molecule has 2 N–H and O–H groups in total. The van der Waals surface area contributed by atoms with Gasteiger partial charge in [-0.3, -0.25) is 4.79 Å². The number of nitrogens with one attached hydrogen (secondary N) is 1. The molecule has 1 aromatic rings. The molecule has 0 bridgehead atoms. The molecule has 0 aliphatic heterocycles. The van der Waals surface area contributed by atoms with E-state index in [-0.39, 0.29) is 18.6 Å². The number of hydrogen-bond donors (Lipinski definition) is 2. The van der Waals surface area contributed by atoms with Crippen molar-refractivity contribution >= 4 is 17.2 Å². The summed E-state index contributed by atoms with van der Waals surface area (Å²) in [6.07, 6.45) is -0.614. The second-order valence-corrected chi connectivity index (χ2v) is 5.64. The molecule has 0 aliphatic carbocycles. The molecule has 0 aliphatic rings. The molecule has 2 atom stereocenters. The monoisotopic (exact) mass is 286 g/mol. The third kappa shape index (κ3) is 6.15. The van der Waals surface area contributed by atoms with E-state index in [1.807, 2.05) is 17.5 Å². The van der Waals surface area contributed by atoms with Crippen LogP contribution >= 0.6 is 11.3 Å². The lowest BCUT2D eigenvalue weighted by atomic mass is 10.2. The lowest BCUT2D eigenvalue weighted by Crippen LogP contribution is -2.44. The van der Waals surface area contributed by atoms with E-state index in [9.17, 15) is 9.90 Å². The van der Waals surface area contributed by atoms with E-state index in [0.29, 0.717) is 13.2 Å². The third-order valence-electron chi connectivity index (χ3n) is 2.61. The zero-order chi connectivity index (χ0) is 14.3. The van der Waals surface area contributed by atoms with E-state index in [1.54, 1.807) is 32.4 Å². The van der Waals surface area contributed by atoms with Gasteiger partial charge in [0.2, 0.25) is 5.91 Å². The highest BCUT2D eigenvalue weighted by Crippen LogP contribution is 2.09. The lowest BCUT2D eigenvalue weighted by molar-refractivity contribution is -0.130. The fraction of sp³-hybridized carbons (Fsp3) is 0.615. The van der Waals surface area contributed by atoms with Crippen molar-refractivity contribution in [2.45, 2.75) is 25.7 Å². The summed E-state index contributed by atoms with van der Waals surface area (Å²) in [5.74, 6) is -0.00768. The molecule has 1 heterocycles. The average Bonchev–Trinajstić information content (AvgIpc) is 2.88. The van der Waals surface area contributed by atoms with Crippen LogP contribution in [0.15, 0.2) is 17.5 Å². The van der Waals surface area contributed by atoms with E-state index in [1.165, 1.54) is 4.90 Å². The van der Waals surface area contributed by atoms with Gasteiger partial charge in [-0.15, -0.1) is 11.3 Å². The average molecular weight is 286 g/mol. The second kappa shape index (κ2) is 8.27. The number of nitrogens with zero attached hydrogens (tertiary/aromatic N) is 1. The molecule has 108 valence electrons. The molecule has 0 aromatic carbocycles. The Morgan fingerprint density at radius 2 is 2.32 bits per heavy atom. The summed E-state index contributed by atoms with van der Waals surface area (Å²) in [7, 11) is 3.42. The van der Waals surface area contributed by atoms with Crippen molar-refractivity contribution in [2.24, 2.45) is 0 Å². The van der Waals surface area contributed by atoms with Crippen molar-refractivity contribution in [1.82, 2.24) is 10.2 Å². The number of carbonyl (C=O) groups is 1. The number of rotatable bonds is 8. The minimum absolute atomic E-state index is 0.00768. The van der Waals surface area contributed by atoms with Gasteiger partial charge in [-0.05, 0) is 18.4 Å². The number of aliphatic hydroxyl groups is 1. The lowest BCUT2D eigenvalue weighted by Gasteiger charge is -2.19. The molecule has 0 radical (unpaired) electrons. The van der Waals surface area contributed by atoms with Gasteiger partial charge in [0.1, 0.15) is 0 Å². The number of aliphatic hydroxyl groups excluding tert-OH is 1. The zero-order valence-corrected chi connectivity index (χ0v) is 12.4. The minimum Gasteiger partial charge on any atom is -0.389 e. The van der Waals surface area contributed by atoms with Gasteiger partial charge in [-0.25, -0.2) is 0 Å². The van der Waals surface area contributed by atoms with Crippen LogP contribution < -0.4 is 5.32 Å². The molecule has 0 saturated carbocycles. The molecule has 2 unspecified atom stereocenters. The Morgan fingerprint density at radius 1 is 1.58 bits per heavy atom. The van der Waals surface area contributed by atoms with Gasteiger partial charge in [-0.2, -0.15) is 0 Å². The third-order valence-corrected chi connectivity index (χ3v) is 3.46. The number of likely N-dealkylation sites (N-methyl/N-ethyl adjacent to an activating group) is 1. The van der Waals surface area contributed by atoms with Crippen molar-refractivity contribution in [3.8, 4) is 0 Å². The van der Waals surface area contributed by atoms with E-state index >= 15 is 0 Å². The molecule has 1 rings (SSSR count). The summed E-state index contributed by atoms with van der Waals surface area (Å²) < 4.78 is 5.41. The second-order valence-electron chi connectivity index (χ2n) is 4.61. The number of amides is 1. The van der Waals surface area contributed by atoms with Crippen LogP contribution in [-0.2, 0) is 16.1 Å². The topological polar surface area (TPSA) is 61.8 Å². The predicted molar refractivity (Wildman–Crippen MR) is 76.1 cm³/mol. The Balaban J connectivity index is 2.13. The molecule has 1 aromatic heterocycles. The summed E-state index contributed by atoms with van der Waals surface area (Å²) in [6, 6.07) is 3.66. The zero-order valence-electron chi connectivity index (χ0n) is 11.6. The molecule has 6 heteroatoms. The quantitative estimate of drug-likeness (QED) is 0.738. The van der Waals surface area contributed by atoms with Crippen LogP contribution in [0, 0.1) is 0 Å². The maximum Gasteiger partial charge on any atom is 0.238 e. The Kier molecular flexibility index (Phi) is 7.01. The van der Waals surface area contributed by atoms with Crippen LogP contribution in [0.2, 0.25) is 0 Å². The first-order chi connectivity index (χ1) is 9.00. The Morgan fingerprint density at radius 3 is 2.89 bits per heavy atom. The molecule has 19 heavy (non-hydrogen) atoms. The smallest absolute Gasteiger partial charge is 0.238 e. The summed E-state index contributed by atoms with van der Waals surface area (Å²) in [6.45, 7) is 2.89. The summed E-state index contributed by atoms with van der Waals surface area (Å²) in [5.41, 5.74) is 0. The standard InChI is InChI=1S/C13H22N2O3S/c1-10(13(17)15(2)3)14-7-11(16)8-18-9-12-5-4-6-19-12/h4-6,10-11,14,16H,7-9H2,1-3H3. The first-order valence-electron chi connectivity index (χ1n) is 6.23. The highest BCUT2D eigenvalue weighted by molar-refractivity contribution is 7.09. The minimum atomic E-state index is -0.614. The van der Waals surface area contributed by atoms with Gasteiger partial charge in [0, 0.05) is 25.5 Å².